The van der Waals surface area contributed by atoms with Crippen molar-refractivity contribution in [3.8, 4) is 11.1 Å². The molecule has 0 aromatic heterocycles. The Hall–Kier alpha value is -1.75. The summed E-state index contributed by atoms with van der Waals surface area (Å²) in [5.74, 6) is -2.84. The number of hydrogen-bond acceptors (Lipinski definition) is 1. The van der Waals surface area contributed by atoms with Crippen molar-refractivity contribution in [1.82, 2.24) is 0 Å². The van der Waals surface area contributed by atoms with E-state index in [1.165, 1.54) is 18.2 Å². The molecule has 0 saturated heterocycles. The van der Waals surface area contributed by atoms with Crippen LogP contribution in [0.25, 0.3) is 11.1 Å². The normalized spacial score (nSPS) is 10.5. The molecule has 0 aliphatic heterocycles. The van der Waals surface area contributed by atoms with Gasteiger partial charge in [-0.2, -0.15) is 0 Å². The molecular formula is C14H9BrF2O2. The summed E-state index contributed by atoms with van der Waals surface area (Å²) in [5, 5.41) is 9.15. The highest BCUT2D eigenvalue weighted by Crippen LogP contribution is 2.33. The zero-order chi connectivity index (χ0) is 14.2. The van der Waals surface area contributed by atoms with Crippen LogP contribution in [0.2, 0.25) is 0 Å². The van der Waals surface area contributed by atoms with Gasteiger partial charge in [0, 0.05) is 5.56 Å². The van der Waals surface area contributed by atoms with Crippen LogP contribution in [0.3, 0.4) is 0 Å². The fraction of sp³-hybridized carbons (Fsp3) is 0.0714. The van der Waals surface area contributed by atoms with Gasteiger partial charge in [0.25, 0.3) is 0 Å². The van der Waals surface area contributed by atoms with Crippen molar-refractivity contribution in [1.29, 1.82) is 0 Å². The second kappa shape index (κ2) is 5.09. The van der Waals surface area contributed by atoms with Crippen molar-refractivity contribution in [2.45, 2.75) is 6.92 Å². The lowest BCUT2D eigenvalue weighted by Gasteiger charge is -2.10. The van der Waals surface area contributed by atoms with Crippen LogP contribution in [0, 0.1) is 18.6 Å². The highest BCUT2D eigenvalue weighted by atomic mass is 79.9. The van der Waals surface area contributed by atoms with E-state index in [-0.39, 0.29) is 21.2 Å². The molecule has 0 atom stereocenters. The van der Waals surface area contributed by atoms with Crippen molar-refractivity contribution in [2.24, 2.45) is 0 Å². The number of carboxylic acids is 1. The Morgan fingerprint density at radius 1 is 1.21 bits per heavy atom. The van der Waals surface area contributed by atoms with Crippen LogP contribution < -0.4 is 0 Å². The standard InChI is InChI=1S/C14H9BrF2O2/c1-7-2-3-8(9(6-7)14(18)19)12-11(16)5-4-10(15)13(12)17/h2-6H,1H3,(H,18,19). The highest BCUT2D eigenvalue weighted by molar-refractivity contribution is 9.10. The number of carbonyl (C=O) groups is 1. The third-order valence-electron chi connectivity index (χ3n) is 2.72. The van der Waals surface area contributed by atoms with Crippen LogP contribution in [-0.4, -0.2) is 11.1 Å². The van der Waals surface area contributed by atoms with Gasteiger partial charge < -0.3 is 5.11 Å². The molecule has 0 aliphatic carbocycles. The van der Waals surface area contributed by atoms with Crippen molar-refractivity contribution < 1.29 is 18.7 Å². The molecule has 5 heteroatoms. The van der Waals surface area contributed by atoms with Gasteiger partial charge in [0.15, 0.2) is 0 Å². The predicted molar refractivity (Wildman–Crippen MR) is 71.2 cm³/mol. The summed E-state index contributed by atoms with van der Waals surface area (Å²) >= 11 is 2.96. The first-order valence-corrected chi connectivity index (χ1v) is 6.19. The quantitative estimate of drug-likeness (QED) is 0.830. The smallest absolute Gasteiger partial charge is 0.336 e. The molecule has 0 aliphatic rings. The maximum absolute atomic E-state index is 14.0. The Morgan fingerprint density at radius 3 is 2.53 bits per heavy atom. The first-order chi connectivity index (χ1) is 8.91. The van der Waals surface area contributed by atoms with Gasteiger partial charge in [-0.1, -0.05) is 17.7 Å². The number of carboxylic acid groups (broad SMARTS) is 1. The van der Waals surface area contributed by atoms with E-state index in [1.807, 2.05) is 0 Å². The molecule has 0 bridgehead atoms. The second-order valence-electron chi connectivity index (χ2n) is 4.07. The lowest BCUT2D eigenvalue weighted by molar-refractivity contribution is 0.0697. The van der Waals surface area contributed by atoms with Crippen molar-refractivity contribution in [2.75, 3.05) is 0 Å². The van der Waals surface area contributed by atoms with Crippen LogP contribution in [0.1, 0.15) is 15.9 Å². The topological polar surface area (TPSA) is 37.3 Å². The molecule has 0 spiro atoms. The molecule has 0 heterocycles. The maximum atomic E-state index is 14.0. The summed E-state index contributed by atoms with van der Waals surface area (Å²) < 4.78 is 27.9. The molecule has 98 valence electrons. The van der Waals surface area contributed by atoms with Gasteiger partial charge in [0.1, 0.15) is 11.6 Å². The zero-order valence-electron chi connectivity index (χ0n) is 9.88. The Labute approximate surface area is 116 Å². The average Bonchev–Trinajstić information content (AvgIpc) is 2.36. The summed E-state index contributed by atoms with van der Waals surface area (Å²) in [5.41, 5.74) is 0.258. The summed E-state index contributed by atoms with van der Waals surface area (Å²) in [6, 6.07) is 6.74. The van der Waals surface area contributed by atoms with Crippen LogP contribution in [0.15, 0.2) is 34.8 Å². The van der Waals surface area contributed by atoms with Crippen LogP contribution in [-0.2, 0) is 0 Å². The van der Waals surface area contributed by atoms with E-state index in [9.17, 15) is 13.6 Å². The van der Waals surface area contributed by atoms with Crippen LogP contribution >= 0.6 is 15.9 Å². The largest absolute Gasteiger partial charge is 0.478 e. The van der Waals surface area contributed by atoms with Crippen molar-refractivity contribution in [3.63, 3.8) is 0 Å². The minimum Gasteiger partial charge on any atom is -0.478 e. The van der Waals surface area contributed by atoms with Gasteiger partial charge in [-0.15, -0.1) is 0 Å². The second-order valence-corrected chi connectivity index (χ2v) is 4.93. The third-order valence-corrected chi connectivity index (χ3v) is 3.33. The van der Waals surface area contributed by atoms with Crippen LogP contribution in [0.5, 0.6) is 0 Å². The van der Waals surface area contributed by atoms with E-state index in [2.05, 4.69) is 15.9 Å². The lowest BCUT2D eigenvalue weighted by Crippen LogP contribution is -2.03. The number of hydrogen-bond donors (Lipinski definition) is 1. The van der Waals surface area contributed by atoms with Gasteiger partial charge in [-0.25, -0.2) is 13.6 Å². The summed E-state index contributed by atoms with van der Waals surface area (Å²) in [7, 11) is 0. The number of aryl methyl sites for hydroxylation is 1. The number of benzene rings is 2. The molecular weight excluding hydrogens is 318 g/mol. The van der Waals surface area contributed by atoms with E-state index in [0.29, 0.717) is 5.56 Å². The summed E-state index contributed by atoms with van der Waals surface area (Å²) in [4.78, 5) is 11.2. The average molecular weight is 327 g/mol. The van der Waals surface area contributed by atoms with E-state index in [0.717, 1.165) is 6.07 Å². The number of aromatic carboxylic acids is 1. The van der Waals surface area contributed by atoms with Gasteiger partial charge in [-0.05, 0) is 41.1 Å². The zero-order valence-corrected chi connectivity index (χ0v) is 11.5. The minimum absolute atomic E-state index is 0.0226. The fourth-order valence-corrected chi connectivity index (χ4v) is 2.16. The predicted octanol–water partition coefficient (Wildman–Crippen LogP) is 4.40. The summed E-state index contributed by atoms with van der Waals surface area (Å²) in [6.45, 7) is 1.71. The van der Waals surface area contributed by atoms with Crippen LogP contribution in [0.4, 0.5) is 8.78 Å². The number of rotatable bonds is 2. The van der Waals surface area contributed by atoms with E-state index in [4.69, 9.17) is 5.11 Å². The van der Waals surface area contributed by atoms with E-state index < -0.39 is 17.6 Å². The van der Waals surface area contributed by atoms with Crippen molar-refractivity contribution in [3.05, 3.63) is 57.6 Å². The minimum atomic E-state index is -1.22. The molecule has 2 nitrogen and oxygen atoms in total. The molecule has 0 fully saturated rings. The monoisotopic (exact) mass is 326 g/mol. The first-order valence-electron chi connectivity index (χ1n) is 5.39. The Balaban J connectivity index is 2.79. The molecule has 0 unspecified atom stereocenters. The first kappa shape index (κ1) is 13.7. The van der Waals surface area contributed by atoms with E-state index in [1.54, 1.807) is 13.0 Å². The SMILES string of the molecule is Cc1ccc(-c2c(F)ccc(Br)c2F)c(C(=O)O)c1. The Morgan fingerprint density at radius 2 is 1.89 bits per heavy atom. The lowest BCUT2D eigenvalue weighted by atomic mass is 9.97. The van der Waals surface area contributed by atoms with Gasteiger partial charge >= 0.3 is 5.97 Å². The van der Waals surface area contributed by atoms with Gasteiger partial charge in [-0.3, -0.25) is 0 Å². The summed E-state index contributed by atoms with van der Waals surface area (Å²) in [6.07, 6.45) is 0. The van der Waals surface area contributed by atoms with Gasteiger partial charge in [0.2, 0.25) is 0 Å². The highest BCUT2D eigenvalue weighted by Gasteiger charge is 2.20. The Kier molecular flexibility index (Phi) is 3.66. The molecule has 0 saturated carbocycles. The Bertz CT molecular complexity index is 669. The fourth-order valence-electron chi connectivity index (χ4n) is 1.83. The molecule has 19 heavy (non-hydrogen) atoms. The van der Waals surface area contributed by atoms with E-state index >= 15 is 0 Å². The molecule has 1 N–H and O–H groups in total. The van der Waals surface area contributed by atoms with Crippen molar-refractivity contribution >= 4 is 21.9 Å². The molecule has 2 rings (SSSR count). The molecule has 0 amide bonds. The maximum Gasteiger partial charge on any atom is 0.336 e. The third kappa shape index (κ3) is 2.51. The van der Waals surface area contributed by atoms with Gasteiger partial charge in [0.05, 0.1) is 15.6 Å². The molecule has 2 aromatic rings. The molecule has 2 aromatic carbocycles. The number of halogens is 3. The molecule has 0 radical (unpaired) electrons.